The summed E-state index contributed by atoms with van der Waals surface area (Å²) in [6, 6.07) is 18.0. The van der Waals surface area contributed by atoms with E-state index >= 15 is 0 Å². The predicted octanol–water partition coefficient (Wildman–Crippen LogP) is 8.21. The fourth-order valence-electron chi connectivity index (χ4n) is 4.87. The van der Waals surface area contributed by atoms with E-state index in [0.29, 0.717) is 23.9 Å². The van der Waals surface area contributed by atoms with Gasteiger partial charge in [-0.1, -0.05) is 58.0 Å². The molecular weight excluding hydrogens is 403 g/mol. The van der Waals surface area contributed by atoms with Crippen LogP contribution in [0.2, 0.25) is 0 Å². The number of aryl methyl sites for hydroxylation is 1. The van der Waals surface area contributed by atoms with Gasteiger partial charge in [0.25, 0.3) is 0 Å². The first-order valence-electron chi connectivity index (χ1n) is 11.5. The fraction of sp³-hybridized carbons (Fsp3) is 0.429. The molecule has 1 nitrogen and oxygen atoms in total. The molecule has 1 aliphatic rings. The van der Waals surface area contributed by atoms with Gasteiger partial charge in [0.05, 0.1) is 12.2 Å². The van der Waals surface area contributed by atoms with E-state index in [0.717, 1.165) is 18.4 Å². The first kappa shape index (κ1) is 22.2. The van der Waals surface area contributed by atoms with E-state index in [1.807, 2.05) is 12.1 Å². The van der Waals surface area contributed by atoms with Crippen molar-refractivity contribution in [2.24, 2.45) is 17.8 Å². The van der Waals surface area contributed by atoms with Gasteiger partial charge in [0.2, 0.25) is 0 Å². The Labute approximate surface area is 190 Å². The van der Waals surface area contributed by atoms with Crippen LogP contribution in [0.5, 0.6) is 0 Å². The van der Waals surface area contributed by atoms with Crippen molar-refractivity contribution in [2.75, 3.05) is 0 Å². The van der Waals surface area contributed by atoms with Crippen molar-refractivity contribution in [3.8, 4) is 10.4 Å². The monoisotopic (exact) mass is 436 g/mol. The number of halogens is 1. The van der Waals surface area contributed by atoms with Crippen LogP contribution in [0.15, 0.2) is 54.6 Å². The number of thiophene rings is 1. The molecule has 3 heteroatoms. The van der Waals surface area contributed by atoms with Crippen LogP contribution >= 0.6 is 11.3 Å². The molecule has 1 saturated heterocycles. The summed E-state index contributed by atoms with van der Waals surface area (Å²) in [5.41, 5.74) is 5.06. The zero-order chi connectivity index (χ0) is 22.1. The first-order valence-corrected chi connectivity index (χ1v) is 12.3. The normalized spacial score (nSPS) is 26.2. The van der Waals surface area contributed by atoms with Gasteiger partial charge >= 0.3 is 0 Å². The molecule has 0 bridgehead atoms. The summed E-state index contributed by atoms with van der Waals surface area (Å²) >= 11 is 1.79. The molecule has 0 amide bonds. The summed E-state index contributed by atoms with van der Waals surface area (Å²) in [7, 11) is 0. The second-order valence-corrected chi connectivity index (χ2v) is 10.4. The number of benzene rings is 2. The van der Waals surface area contributed by atoms with Gasteiger partial charge in [-0.3, -0.25) is 0 Å². The molecule has 164 valence electrons. The largest absolute Gasteiger partial charge is 0.370 e. The zero-order valence-electron chi connectivity index (χ0n) is 19.2. The average molecular weight is 437 g/mol. The molecule has 1 aromatic heterocycles. The molecule has 3 aromatic rings. The van der Waals surface area contributed by atoms with Crippen LogP contribution in [0.25, 0.3) is 10.4 Å². The fourth-order valence-corrected chi connectivity index (χ4v) is 5.90. The van der Waals surface area contributed by atoms with Crippen LogP contribution in [0.1, 0.15) is 61.8 Å². The summed E-state index contributed by atoms with van der Waals surface area (Å²) in [6.07, 6.45) is 2.47. The summed E-state index contributed by atoms with van der Waals surface area (Å²) in [5.74, 6) is 1.54. The summed E-state index contributed by atoms with van der Waals surface area (Å²) in [5, 5.41) is 0. The van der Waals surface area contributed by atoms with Gasteiger partial charge in [-0.05, 0) is 77.6 Å². The van der Waals surface area contributed by atoms with Crippen molar-refractivity contribution in [3.63, 3.8) is 0 Å². The van der Waals surface area contributed by atoms with E-state index in [1.54, 1.807) is 11.3 Å². The Kier molecular flexibility index (Phi) is 6.64. The lowest BCUT2D eigenvalue weighted by molar-refractivity contribution is -0.136. The maximum atomic E-state index is 13.2. The molecule has 0 saturated carbocycles. The molecule has 2 heterocycles. The van der Waals surface area contributed by atoms with Crippen LogP contribution in [0.3, 0.4) is 0 Å². The number of rotatable bonds is 5. The van der Waals surface area contributed by atoms with Gasteiger partial charge < -0.3 is 4.74 Å². The zero-order valence-corrected chi connectivity index (χ0v) is 20.0. The Morgan fingerprint density at radius 2 is 1.65 bits per heavy atom. The van der Waals surface area contributed by atoms with Crippen molar-refractivity contribution >= 4 is 11.3 Å². The van der Waals surface area contributed by atoms with E-state index in [2.05, 4.69) is 65.0 Å². The lowest BCUT2D eigenvalue weighted by atomic mass is 9.74. The SMILES string of the molecule is CC[C@H]1O[C@@H](c2ccc(C)c(Cc3ccc(-c4ccc(F)cc4)s3)c2)[C@H](C)[C@@H](C)[C@@H]1C. The molecule has 4 rings (SSSR count). The molecule has 31 heavy (non-hydrogen) atoms. The lowest BCUT2D eigenvalue weighted by Crippen LogP contribution is -2.40. The summed E-state index contributed by atoms with van der Waals surface area (Å²) < 4.78 is 19.8. The second-order valence-electron chi connectivity index (χ2n) is 9.22. The van der Waals surface area contributed by atoms with Gasteiger partial charge in [0.15, 0.2) is 0 Å². The highest BCUT2D eigenvalue weighted by Gasteiger charge is 2.38. The smallest absolute Gasteiger partial charge is 0.123 e. The number of hydrogen-bond acceptors (Lipinski definition) is 2. The van der Waals surface area contributed by atoms with Gasteiger partial charge in [-0.15, -0.1) is 11.3 Å². The highest BCUT2D eigenvalue weighted by molar-refractivity contribution is 7.15. The van der Waals surface area contributed by atoms with Crippen molar-refractivity contribution in [1.82, 2.24) is 0 Å². The molecule has 0 N–H and O–H groups in total. The summed E-state index contributed by atoms with van der Waals surface area (Å²) in [4.78, 5) is 2.51. The van der Waals surface area contributed by atoms with Crippen molar-refractivity contribution in [1.29, 1.82) is 0 Å². The minimum atomic E-state index is -0.193. The Bertz CT molecular complexity index is 1020. The molecule has 0 unspecified atom stereocenters. The maximum Gasteiger partial charge on any atom is 0.123 e. The van der Waals surface area contributed by atoms with Crippen LogP contribution in [-0.2, 0) is 11.2 Å². The van der Waals surface area contributed by atoms with E-state index in [1.165, 1.54) is 38.6 Å². The third kappa shape index (κ3) is 4.63. The third-order valence-electron chi connectivity index (χ3n) is 7.30. The Morgan fingerprint density at radius 1 is 0.903 bits per heavy atom. The lowest BCUT2D eigenvalue weighted by Gasteiger charge is -2.44. The quantitative estimate of drug-likeness (QED) is 0.391. The minimum Gasteiger partial charge on any atom is -0.370 e. The topological polar surface area (TPSA) is 9.23 Å². The minimum absolute atomic E-state index is 0.161. The van der Waals surface area contributed by atoms with Crippen LogP contribution in [0, 0.1) is 30.5 Å². The highest BCUT2D eigenvalue weighted by atomic mass is 32.1. The molecule has 1 aliphatic heterocycles. The molecule has 2 aromatic carbocycles. The predicted molar refractivity (Wildman–Crippen MR) is 129 cm³/mol. The van der Waals surface area contributed by atoms with Crippen LogP contribution in [-0.4, -0.2) is 6.10 Å². The Morgan fingerprint density at radius 3 is 2.35 bits per heavy atom. The third-order valence-corrected chi connectivity index (χ3v) is 8.44. The van der Waals surface area contributed by atoms with Gasteiger partial charge in [0.1, 0.15) is 5.82 Å². The van der Waals surface area contributed by atoms with Crippen molar-refractivity contribution in [3.05, 3.63) is 82.0 Å². The average Bonchev–Trinajstić information content (AvgIpc) is 3.23. The second kappa shape index (κ2) is 9.26. The van der Waals surface area contributed by atoms with Crippen molar-refractivity contribution in [2.45, 2.75) is 59.7 Å². The van der Waals surface area contributed by atoms with Gasteiger partial charge in [-0.25, -0.2) is 4.39 Å². The summed E-state index contributed by atoms with van der Waals surface area (Å²) in [6.45, 7) is 11.5. The standard InChI is InChI=1S/C28H33FOS/c1-6-26-19(4)18(3)20(5)28(30-26)22-8-7-17(2)23(15-22)16-25-13-14-27(31-25)21-9-11-24(29)12-10-21/h7-15,18-20,26,28H,6,16H2,1-5H3/t18-,19-,20+,26+,28+/m0/s1. The van der Waals surface area contributed by atoms with E-state index in [-0.39, 0.29) is 11.9 Å². The van der Waals surface area contributed by atoms with Crippen LogP contribution in [0.4, 0.5) is 4.39 Å². The first-order chi connectivity index (χ1) is 14.9. The van der Waals surface area contributed by atoms with Gasteiger partial charge in [0, 0.05) is 16.2 Å². The van der Waals surface area contributed by atoms with E-state index in [4.69, 9.17) is 4.74 Å². The Hall–Kier alpha value is -1.97. The molecular formula is C28H33FOS. The van der Waals surface area contributed by atoms with Crippen molar-refractivity contribution < 1.29 is 9.13 Å². The molecule has 0 aliphatic carbocycles. The van der Waals surface area contributed by atoms with E-state index in [9.17, 15) is 4.39 Å². The van der Waals surface area contributed by atoms with Crippen LogP contribution < -0.4 is 0 Å². The number of ether oxygens (including phenoxy) is 1. The molecule has 5 atom stereocenters. The highest BCUT2D eigenvalue weighted by Crippen LogP contribution is 2.44. The Balaban J connectivity index is 1.57. The molecule has 0 spiro atoms. The molecule has 0 radical (unpaired) electrons. The number of hydrogen-bond donors (Lipinski definition) is 0. The maximum absolute atomic E-state index is 13.2. The van der Waals surface area contributed by atoms with E-state index < -0.39 is 0 Å². The molecule has 1 fully saturated rings. The van der Waals surface area contributed by atoms with Gasteiger partial charge in [-0.2, -0.15) is 0 Å².